The number of aromatic nitrogens is 2. The Hall–Kier alpha value is -1.68. The van der Waals surface area contributed by atoms with Gasteiger partial charge in [-0.1, -0.05) is 12.1 Å². The molecule has 1 aromatic heterocycles. The Morgan fingerprint density at radius 1 is 1.00 bits per heavy atom. The summed E-state index contributed by atoms with van der Waals surface area (Å²) in [4.78, 5) is 15.4. The van der Waals surface area contributed by atoms with Gasteiger partial charge in [-0.15, -0.1) is 0 Å². The number of likely N-dealkylation sites (tertiary alicyclic amines) is 1. The second kappa shape index (κ2) is 8.82. The Labute approximate surface area is 178 Å². The molecule has 9 heteroatoms. The summed E-state index contributed by atoms with van der Waals surface area (Å²) in [7, 11) is 0.391. The van der Waals surface area contributed by atoms with Crippen LogP contribution in [0.25, 0.3) is 11.0 Å². The van der Waals surface area contributed by atoms with Crippen molar-refractivity contribution in [3.63, 3.8) is 0 Å². The van der Waals surface area contributed by atoms with Gasteiger partial charge in [-0.2, -0.15) is 0 Å². The van der Waals surface area contributed by atoms with Crippen LogP contribution in [0.5, 0.6) is 0 Å². The quantitative estimate of drug-likeness (QED) is 0.686. The molecule has 2 aromatic rings. The van der Waals surface area contributed by atoms with Crippen molar-refractivity contribution < 1.29 is 13.2 Å². The number of ether oxygens (including phenoxy) is 1. The zero-order valence-corrected chi connectivity index (χ0v) is 18.7. The predicted molar refractivity (Wildman–Crippen MR) is 117 cm³/mol. The lowest BCUT2D eigenvalue weighted by atomic mass is 10.1. The van der Waals surface area contributed by atoms with Crippen molar-refractivity contribution >= 4 is 21.1 Å². The van der Waals surface area contributed by atoms with E-state index in [0.29, 0.717) is 51.9 Å². The number of methoxy groups -OCH3 is 1. The first-order valence-corrected chi connectivity index (χ1v) is 12.3. The third-order valence-corrected chi connectivity index (χ3v) is 9.02. The smallest absolute Gasteiger partial charge is 0.329 e. The molecular weight excluding hydrogens is 404 g/mol. The van der Waals surface area contributed by atoms with E-state index in [1.165, 1.54) is 0 Å². The fraction of sp³-hybridized carbons (Fsp3) is 0.667. The van der Waals surface area contributed by atoms with E-state index in [9.17, 15) is 13.2 Å². The SMILES string of the molecule is COCCn1c(=O)n(C2CCN(S(=O)(=O)C3CCN(C)CC3)CC2)c2ccccc21. The summed E-state index contributed by atoms with van der Waals surface area (Å²) in [5.74, 6) is 0. The first kappa shape index (κ1) is 21.5. The lowest BCUT2D eigenvalue weighted by Gasteiger charge is -2.36. The van der Waals surface area contributed by atoms with Gasteiger partial charge in [0.25, 0.3) is 0 Å². The molecule has 0 saturated carbocycles. The standard InChI is InChI=1S/C21H32N4O4S/c1-22-11-9-18(10-12-22)30(27,28)23-13-7-17(8-14-23)25-20-6-4-3-5-19(20)24(21(25)26)15-16-29-2/h3-6,17-18H,7-16H2,1-2H3. The summed E-state index contributed by atoms with van der Waals surface area (Å²) in [6.07, 6.45) is 2.71. The van der Waals surface area contributed by atoms with Gasteiger partial charge in [0.05, 0.1) is 29.4 Å². The minimum absolute atomic E-state index is 0.00938. The Balaban J connectivity index is 1.53. The summed E-state index contributed by atoms with van der Waals surface area (Å²) in [5.41, 5.74) is 1.78. The van der Waals surface area contributed by atoms with Gasteiger partial charge >= 0.3 is 5.69 Å². The van der Waals surface area contributed by atoms with E-state index in [1.807, 2.05) is 35.9 Å². The highest BCUT2D eigenvalue weighted by Gasteiger charge is 2.37. The highest BCUT2D eigenvalue weighted by atomic mass is 32.2. The van der Waals surface area contributed by atoms with Crippen molar-refractivity contribution in [2.24, 2.45) is 0 Å². The maximum absolute atomic E-state index is 13.2. The average molecular weight is 437 g/mol. The molecule has 2 aliphatic rings. The van der Waals surface area contributed by atoms with Crippen molar-refractivity contribution in [3.05, 3.63) is 34.7 Å². The summed E-state index contributed by atoms with van der Waals surface area (Å²) >= 11 is 0. The van der Waals surface area contributed by atoms with Crippen LogP contribution >= 0.6 is 0 Å². The Morgan fingerprint density at radius 2 is 1.63 bits per heavy atom. The Morgan fingerprint density at radius 3 is 2.27 bits per heavy atom. The van der Waals surface area contributed by atoms with Crippen LogP contribution in [0.4, 0.5) is 0 Å². The summed E-state index contributed by atoms with van der Waals surface area (Å²) in [5, 5.41) is -0.274. The van der Waals surface area contributed by atoms with Crippen LogP contribution in [0.1, 0.15) is 31.7 Å². The molecule has 3 heterocycles. The fourth-order valence-electron chi connectivity index (χ4n) is 4.83. The normalized spacial score (nSPS) is 20.9. The van der Waals surface area contributed by atoms with E-state index in [4.69, 9.17) is 4.74 Å². The van der Waals surface area contributed by atoms with Crippen LogP contribution in [0, 0.1) is 0 Å². The van der Waals surface area contributed by atoms with Crippen molar-refractivity contribution in [2.75, 3.05) is 46.9 Å². The molecular formula is C21H32N4O4S. The molecule has 0 atom stereocenters. The summed E-state index contributed by atoms with van der Waals surface area (Å²) in [6.45, 7) is 3.59. The van der Waals surface area contributed by atoms with Gasteiger partial charge in [0, 0.05) is 26.2 Å². The van der Waals surface area contributed by atoms with Crippen LogP contribution in [0.15, 0.2) is 29.1 Å². The Kier molecular flexibility index (Phi) is 6.34. The van der Waals surface area contributed by atoms with E-state index in [0.717, 1.165) is 24.1 Å². The number of fused-ring (bicyclic) bond motifs is 1. The average Bonchev–Trinajstić information content (AvgIpc) is 3.04. The number of piperidine rings is 2. The molecule has 166 valence electrons. The first-order valence-electron chi connectivity index (χ1n) is 10.8. The van der Waals surface area contributed by atoms with Gasteiger partial charge < -0.3 is 9.64 Å². The summed E-state index contributed by atoms with van der Waals surface area (Å²) in [6, 6.07) is 7.82. The molecule has 2 aliphatic heterocycles. The second-order valence-corrected chi connectivity index (χ2v) is 10.7. The second-order valence-electron chi connectivity index (χ2n) is 8.46. The van der Waals surface area contributed by atoms with Crippen molar-refractivity contribution in [3.8, 4) is 0 Å². The maximum atomic E-state index is 13.2. The molecule has 0 bridgehead atoms. The third-order valence-electron chi connectivity index (χ3n) is 6.62. The monoisotopic (exact) mass is 436 g/mol. The van der Waals surface area contributed by atoms with Gasteiger partial charge in [0.1, 0.15) is 0 Å². The molecule has 0 unspecified atom stereocenters. The fourth-order valence-corrected chi connectivity index (χ4v) is 6.78. The molecule has 8 nitrogen and oxygen atoms in total. The highest BCUT2D eigenvalue weighted by molar-refractivity contribution is 7.89. The van der Waals surface area contributed by atoms with E-state index in [1.54, 1.807) is 16.0 Å². The zero-order chi connectivity index (χ0) is 21.3. The number of hydrogen-bond acceptors (Lipinski definition) is 5. The molecule has 30 heavy (non-hydrogen) atoms. The number of nitrogens with zero attached hydrogens (tertiary/aromatic N) is 4. The van der Waals surface area contributed by atoms with Gasteiger partial charge in [-0.05, 0) is 58.0 Å². The zero-order valence-electron chi connectivity index (χ0n) is 17.9. The Bertz CT molecular complexity index is 1030. The van der Waals surface area contributed by atoms with E-state index in [-0.39, 0.29) is 17.0 Å². The van der Waals surface area contributed by atoms with Gasteiger partial charge in [-0.3, -0.25) is 9.13 Å². The van der Waals surface area contributed by atoms with Crippen molar-refractivity contribution in [2.45, 2.75) is 43.5 Å². The third kappa shape index (κ3) is 3.95. The molecule has 0 aliphatic carbocycles. The van der Waals surface area contributed by atoms with Crippen LogP contribution in [-0.2, 0) is 21.3 Å². The molecule has 2 saturated heterocycles. The molecule has 1 aromatic carbocycles. The summed E-state index contributed by atoms with van der Waals surface area (Å²) < 4.78 is 36.7. The highest BCUT2D eigenvalue weighted by Crippen LogP contribution is 2.29. The maximum Gasteiger partial charge on any atom is 0.329 e. The van der Waals surface area contributed by atoms with Gasteiger partial charge in [0.2, 0.25) is 10.0 Å². The number of imidazole rings is 1. The minimum atomic E-state index is -3.28. The van der Waals surface area contributed by atoms with Crippen LogP contribution in [-0.4, -0.2) is 79.0 Å². The van der Waals surface area contributed by atoms with E-state index in [2.05, 4.69) is 4.90 Å². The predicted octanol–water partition coefficient (Wildman–Crippen LogP) is 1.51. The molecule has 0 radical (unpaired) electrons. The molecule has 2 fully saturated rings. The largest absolute Gasteiger partial charge is 0.383 e. The van der Waals surface area contributed by atoms with Crippen molar-refractivity contribution in [1.82, 2.24) is 18.3 Å². The van der Waals surface area contributed by atoms with Crippen molar-refractivity contribution in [1.29, 1.82) is 0 Å². The van der Waals surface area contributed by atoms with Gasteiger partial charge in [0.15, 0.2) is 0 Å². The number of hydrogen-bond donors (Lipinski definition) is 0. The van der Waals surface area contributed by atoms with Crippen LogP contribution in [0.3, 0.4) is 0 Å². The number of benzene rings is 1. The topological polar surface area (TPSA) is 76.8 Å². The van der Waals surface area contributed by atoms with Gasteiger partial charge in [-0.25, -0.2) is 17.5 Å². The van der Waals surface area contributed by atoms with E-state index < -0.39 is 10.0 Å². The lowest BCUT2D eigenvalue weighted by molar-refractivity contribution is 0.186. The molecule has 4 rings (SSSR count). The minimum Gasteiger partial charge on any atom is -0.383 e. The first-order chi connectivity index (χ1) is 14.4. The number of rotatable bonds is 6. The number of sulfonamides is 1. The molecule has 0 spiro atoms. The molecule has 0 amide bonds. The molecule has 0 N–H and O–H groups in total. The van der Waals surface area contributed by atoms with E-state index >= 15 is 0 Å². The van der Waals surface area contributed by atoms with Crippen LogP contribution < -0.4 is 5.69 Å². The number of para-hydroxylation sites is 2. The van der Waals surface area contributed by atoms with Crippen LogP contribution in [0.2, 0.25) is 0 Å². The lowest BCUT2D eigenvalue weighted by Crippen LogP contribution is -2.47.